The Balaban J connectivity index is 1.69. The topological polar surface area (TPSA) is 101 Å². The second-order valence-electron chi connectivity index (χ2n) is 5.69. The Morgan fingerprint density at radius 2 is 2.07 bits per heavy atom. The van der Waals surface area contributed by atoms with E-state index in [-0.39, 0.29) is 11.6 Å². The Morgan fingerprint density at radius 1 is 1.25 bits per heavy atom. The van der Waals surface area contributed by atoms with E-state index in [1.54, 1.807) is 19.2 Å². The molecule has 1 heterocycles. The maximum Gasteiger partial charge on any atom is 0.277 e. The number of carbonyl (C=O) groups is 1. The predicted molar refractivity (Wildman–Crippen MR) is 107 cm³/mol. The van der Waals surface area contributed by atoms with E-state index in [2.05, 4.69) is 32.5 Å². The zero-order valence-corrected chi connectivity index (χ0v) is 15.3. The molecule has 2 N–H and O–H groups in total. The number of ether oxygens (including phenoxy) is 1. The molecule has 142 valence electrons. The third-order valence-corrected chi connectivity index (χ3v) is 3.82. The monoisotopic (exact) mass is 377 g/mol. The van der Waals surface area contributed by atoms with Crippen molar-refractivity contribution in [3.05, 3.63) is 78.0 Å². The SMILES string of the molecule is C=NNC(=NCc1ccc(NC(=O)c2cocn2)cc1)c1cccc(OC)c1. The number of methoxy groups -OCH3 is 1. The van der Waals surface area contributed by atoms with Crippen LogP contribution < -0.4 is 15.5 Å². The number of nitrogens with one attached hydrogen (secondary N) is 2. The number of carbonyl (C=O) groups excluding carboxylic acids is 1. The Kier molecular flexibility index (Phi) is 6.14. The molecule has 0 atom stereocenters. The van der Waals surface area contributed by atoms with Gasteiger partial charge >= 0.3 is 0 Å². The Bertz CT molecular complexity index is 966. The Hall–Kier alpha value is -3.94. The minimum atomic E-state index is -0.332. The summed E-state index contributed by atoms with van der Waals surface area (Å²) in [4.78, 5) is 20.3. The first-order chi connectivity index (χ1) is 13.7. The van der Waals surface area contributed by atoms with Gasteiger partial charge in [-0.1, -0.05) is 24.3 Å². The van der Waals surface area contributed by atoms with Crippen molar-refractivity contribution in [1.82, 2.24) is 10.4 Å². The molecule has 0 radical (unpaired) electrons. The van der Waals surface area contributed by atoms with Gasteiger partial charge in [0.15, 0.2) is 12.1 Å². The highest BCUT2D eigenvalue weighted by Gasteiger charge is 2.09. The molecular formula is C20H19N5O3. The summed E-state index contributed by atoms with van der Waals surface area (Å²) in [5.41, 5.74) is 5.48. The van der Waals surface area contributed by atoms with Crippen LogP contribution in [0.25, 0.3) is 0 Å². The second-order valence-corrected chi connectivity index (χ2v) is 5.69. The van der Waals surface area contributed by atoms with Gasteiger partial charge in [-0.2, -0.15) is 5.10 Å². The fourth-order valence-corrected chi connectivity index (χ4v) is 2.42. The summed E-state index contributed by atoms with van der Waals surface area (Å²) in [7, 11) is 1.61. The lowest BCUT2D eigenvalue weighted by Crippen LogP contribution is -2.18. The van der Waals surface area contributed by atoms with Gasteiger partial charge in [0.05, 0.1) is 13.7 Å². The van der Waals surface area contributed by atoms with E-state index < -0.39 is 0 Å². The second kappa shape index (κ2) is 9.13. The molecule has 2 aromatic carbocycles. The number of benzene rings is 2. The molecular weight excluding hydrogens is 358 g/mol. The van der Waals surface area contributed by atoms with E-state index in [0.717, 1.165) is 16.9 Å². The fourth-order valence-electron chi connectivity index (χ4n) is 2.42. The number of hydrazone groups is 1. The van der Waals surface area contributed by atoms with Crippen molar-refractivity contribution in [2.45, 2.75) is 6.54 Å². The van der Waals surface area contributed by atoms with Gasteiger partial charge in [0.1, 0.15) is 17.8 Å². The molecule has 0 unspecified atom stereocenters. The quantitative estimate of drug-likeness (QED) is 0.374. The van der Waals surface area contributed by atoms with E-state index in [0.29, 0.717) is 18.1 Å². The first-order valence-electron chi connectivity index (χ1n) is 8.38. The number of amides is 1. The third kappa shape index (κ3) is 4.82. The number of hydrogen-bond acceptors (Lipinski definition) is 6. The largest absolute Gasteiger partial charge is 0.497 e. The molecule has 0 aliphatic rings. The van der Waals surface area contributed by atoms with Crippen molar-refractivity contribution in [2.75, 3.05) is 12.4 Å². The average molecular weight is 377 g/mol. The van der Waals surface area contributed by atoms with Crippen LogP contribution in [0.15, 0.2) is 75.7 Å². The molecule has 8 nitrogen and oxygen atoms in total. The van der Waals surface area contributed by atoms with Crippen molar-refractivity contribution < 1.29 is 13.9 Å². The van der Waals surface area contributed by atoms with Gasteiger partial charge in [-0.3, -0.25) is 15.2 Å². The zero-order valence-electron chi connectivity index (χ0n) is 15.3. The highest BCUT2D eigenvalue weighted by atomic mass is 16.5. The standard InChI is InChI=1S/C20H19N5O3/c1-21-25-19(15-4-3-5-17(10-15)27-2)22-11-14-6-8-16(9-7-14)24-20(26)18-12-28-13-23-18/h3-10,12-13H,1,11H2,2H3,(H,22,25)(H,24,26). The summed E-state index contributed by atoms with van der Waals surface area (Å²) in [6, 6.07) is 14.9. The third-order valence-electron chi connectivity index (χ3n) is 3.82. The molecule has 28 heavy (non-hydrogen) atoms. The van der Waals surface area contributed by atoms with Crippen molar-refractivity contribution >= 4 is 24.1 Å². The van der Waals surface area contributed by atoms with E-state index in [1.165, 1.54) is 12.7 Å². The van der Waals surface area contributed by atoms with Crippen LogP contribution in [-0.2, 0) is 6.54 Å². The maximum atomic E-state index is 12.0. The van der Waals surface area contributed by atoms with Crippen molar-refractivity contribution in [3.8, 4) is 5.75 Å². The van der Waals surface area contributed by atoms with Gasteiger partial charge in [-0.25, -0.2) is 4.98 Å². The van der Waals surface area contributed by atoms with Crippen LogP contribution >= 0.6 is 0 Å². The van der Waals surface area contributed by atoms with Crippen LogP contribution in [0.4, 0.5) is 5.69 Å². The molecule has 0 aliphatic carbocycles. The number of amidine groups is 1. The van der Waals surface area contributed by atoms with E-state index >= 15 is 0 Å². The van der Waals surface area contributed by atoms with E-state index in [1.807, 2.05) is 36.4 Å². The molecule has 8 heteroatoms. The van der Waals surface area contributed by atoms with Crippen LogP contribution in [-0.4, -0.2) is 30.6 Å². The molecule has 0 saturated carbocycles. The predicted octanol–water partition coefficient (Wildman–Crippen LogP) is 3.09. The lowest BCUT2D eigenvalue weighted by molar-refractivity contribution is 0.102. The van der Waals surface area contributed by atoms with E-state index in [4.69, 9.17) is 9.15 Å². The normalized spacial score (nSPS) is 11.0. The minimum Gasteiger partial charge on any atom is -0.497 e. The van der Waals surface area contributed by atoms with Crippen LogP contribution in [0.5, 0.6) is 5.75 Å². The summed E-state index contributed by atoms with van der Waals surface area (Å²) in [5.74, 6) is 0.974. The molecule has 0 fully saturated rings. The van der Waals surface area contributed by atoms with Gasteiger partial charge < -0.3 is 14.5 Å². The number of aromatic nitrogens is 1. The molecule has 1 aromatic heterocycles. The van der Waals surface area contributed by atoms with Gasteiger partial charge in [0.2, 0.25) is 0 Å². The zero-order chi connectivity index (χ0) is 19.8. The van der Waals surface area contributed by atoms with Gasteiger partial charge in [0.25, 0.3) is 5.91 Å². The summed E-state index contributed by atoms with van der Waals surface area (Å²) < 4.78 is 10.0. The highest BCUT2D eigenvalue weighted by Crippen LogP contribution is 2.15. The summed E-state index contributed by atoms with van der Waals surface area (Å²) in [5, 5.41) is 6.47. The summed E-state index contributed by atoms with van der Waals surface area (Å²) in [6.07, 6.45) is 2.50. The van der Waals surface area contributed by atoms with Crippen LogP contribution in [0.1, 0.15) is 21.6 Å². The summed E-state index contributed by atoms with van der Waals surface area (Å²) >= 11 is 0. The number of rotatable bonds is 7. The Labute approximate surface area is 162 Å². The average Bonchev–Trinajstić information content (AvgIpc) is 3.27. The summed E-state index contributed by atoms with van der Waals surface area (Å²) in [6.45, 7) is 3.88. The molecule has 0 spiro atoms. The molecule has 0 saturated heterocycles. The molecule has 0 bridgehead atoms. The molecule has 3 rings (SSSR count). The van der Waals surface area contributed by atoms with Crippen LogP contribution in [0, 0.1) is 0 Å². The minimum absolute atomic E-state index is 0.222. The van der Waals surface area contributed by atoms with Crippen molar-refractivity contribution in [2.24, 2.45) is 10.1 Å². The first-order valence-corrected chi connectivity index (χ1v) is 8.38. The lowest BCUT2D eigenvalue weighted by atomic mass is 10.2. The maximum absolute atomic E-state index is 12.0. The molecule has 1 amide bonds. The van der Waals surface area contributed by atoms with Gasteiger partial charge in [0, 0.05) is 18.0 Å². The number of nitrogens with zero attached hydrogens (tertiary/aromatic N) is 3. The molecule has 3 aromatic rings. The Morgan fingerprint density at radius 3 is 2.75 bits per heavy atom. The number of hydrogen-bond donors (Lipinski definition) is 2. The lowest BCUT2D eigenvalue weighted by Gasteiger charge is -2.08. The highest BCUT2D eigenvalue weighted by molar-refractivity contribution is 6.02. The van der Waals surface area contributed by atoms with Crippen molar-refractivity contribution in [1.29, 1.82) is 0 Å². The number of oxazole rings is 1. The van der Waals surface area contributed by atoms with Crippen LogP contribution in [0.2, 0.25) is 0 Å². The molecule has 0 aliphatic heterocycles. The number of aliphatic imine (C=N–C) groups is 1. The fraction of sp³-hybridized carbons (Fsp3) is 0.100. The van der Waals surface area contributed by atoms with E-state index in [9.17, 15) is 4.79 Å². The van der Waals surface area contributed by atoms with Crippen molar-refractivity contribution in [3.63, 3.8) is 0 Å². The smallest absolute Gasteiger partial charge is 0.277 e. The van der Waals surface area contributed by atoms with Crippen LogP contribution in [0.3, 0.4) is 0 Å². The van der Waals surface area contributed by atoms with Gasteiger partial charge in [-0.15, -0.1) is 0 Å². The van der Waals surface area contributed by atoms with Gasteiger partial charge in [-0.05, 0) is 29.8 Å². The first kappa shape index (κ1) is 18.8. The number of anilines is 1.